The van der Waals surface area contributed by atoms with E-state index in [1.54, 1.807) is 0 Å². The lowest BCUT2D eigenvalue weighted by Gasteiger charge is -2.50. The standard InChI is InChI=1S/C10H19NO3/c1-9(2)7-14-8(13)10(3,4)11(9)5-6-12/h12H,5-7H2,1-4H3. The Hall–Kier alpha value is -0.610. The van der Waals surface area contributed by atoms with Gasteiger partial charge < -0.3 is 9.84 Å². The molecule has 0 aromatic rings. The lowest BCUT2D eigenvalue weighted by molar-refractivity contribution is -0.181. The number of nitrogens with zero attached hydrogens (tertiary/aromatic N) is 1. The third kappa shape index (κ3) is 1.77. The zero-order valence-corrected chi connectivity index (χ0v) is 9.33. The first-order chi connectivity index (χ1) is 6.32. The fourth-order valence-corrected chi connectivity index (χ4v) is 2.05. The Labute approximate surface area is 84.8 Å². The maximum atomic E-state index is 11.5. The molecule has 0 spiro atoms. The Morgan fingerprint density at radius 2 is 2.00 bits per heavy atom. The van der Waals surface area contributed by atoms with Crippen molar-refractivity contribution < 1.29 is 14.6 Å². The zero-order valence-electron chi connectivity index (χ0n) is 9.33. The fraction of sp³-hybridized carbons (Fsp3) is 0.900. The third-order valence-corrected chi connectivity index (χ3v) is 2.79. The van der Waals surface area contributed by atoms with E-state index in [4.69, 9.17) is 9.84 Å². The van der Waals surface area contributed by atoms with Crippen molar-refractivity contribution in [1.29, 1.82) is 0 Å². The first-order valence-corrected chi connectivity index (χ1v) is 4.88. The summed E-state index contributed by atoms with van der Waals surface area (Å²) in [5, 5.41) is 8.98. The van der Waals surface area contributed by atoms with E-state index in [1.807, 2.05) is 32.6 Å². The van der Waals surface area contributed by atoms with Crippen LogP contribution in [0.2, 0.25) is 0 Å². The molecule has 0 radical (unpaired) electrons. The van der Waals surface area contributed by atoms with Crippen LogP contribution in [0.25, 0.3) is 0 Å². The van der Waals surface area contributed by atoms with Crippen molar-refractivity contribution in [2.75, 3.05) is 19.8 Å². The normalized spacial score (nSPS) is 25.9. The van der Waals surface area contributed by atoms with Crippen molar-refractivity contribution in [2.24, 2.45) is 0 Å². The summed E-state index contributed by atoms with van der Waals surface area (Å²) in [6.45, 7) is 8.61. The summed E-state index contributed by atoms with van der Waals surface area (Å²) in [5.74, 6) is -0.217. The Balaban J connectivity index is 2.94. The van der Waals surface area contributed by atoms with Crippen LogP contribution < -0.4 is 0 Å². The minimum absolute atomic E-state index is 0.0557. The van der Waals surface area contributed by atoms with Gasteiger partial charge in [-0.25, -0.2) is 0 Å². The van der Waals surface area contributed by atoms with E-state index < -0.39 is 5.54 Å². The molecule has 4 nitrogen and oxygen atoms in total. The van der Waals surface area contributed by atoms with E-state index in [2.05, 4.69) is 0 Å². The first kappa shape index (κ1) is 11.5. The van der Waals surface area contributed by atoms with Crippen LogP contribution in [0, 0.1) is 0 Å². The van der Waals surface area contributed by atoms with Crippen LogP contribution in [0.15, 0.2) is 0 Å². The highest BCUT2D eigenvalue weighted by molar-refractivity contribution is 5.80. The molecule has 0 aromatic carbocycles. The number of carbonyl (C=O) groups excluding carboxylic acids is 1. The van der Waals surface area contributed by atoms with Gasteiger partial charge in [-0.15, -0.1) is 0 Å². The number of aliphatic hydroxyl groups is 1. The van der Waals surface area contributed by atoms with Gasteiger partial charge in [-0.1, -0.05) is 0 Å². The first-order valence-electron chi connectivity index (χ1n) is 4.88. The lowest BCUT2D eigenvalue weighted by Crippen LogP contribution is -2.66. The van der Waals surface area contributed by atoms with Gasteiger partial charge in [-0.3, -0.25) is 9.69 Å². The molecule has 1 N–H and O–H groups in total. The predicted molar refractivity (Wildman–Crippen MR) is 52.9 cm³/mol. The van der Waals surface area contributed by atoms with Crippen LogP contribution in [0.4, 0.5) is 0 Å². The number of aliphatic hydroxyl groups excluding tert-OH is 1. The molecule has 1 aliphatic rings. The van der Waals surface area contributed by atoms with Gasteiger partial charge in [-0.05, 0) is 27.7 Å². The molecular weight excluding hydrogens is 182 g/mol. The van der Waals surface area contributed by atoms with Gasteiger partial charge in [0.1, 0.15) is 12.1 Å². The van der Waals surface area contributed by atoms with Crippen LogP contribution >= 0.6 is 0 Å². The number of carbonyl (C=O) groups is 1. The van der Waals surface area contributed by atoms with Crippen LogP contribution in [0.5, 0.6) is 0 Å². The number of ether oxygens (including phenoxy) is 1. The van der Waals surface area contributed by atoms with Gasteiger partial charge in [0.25, 0.3) is 0 Å². The number of rotatable bonds is 2. The minimum atomic E-state index is -0.648. The number of cyclic esters (lactones) is 1. The van der Waals surface area contributed by atoms with Crippen LogP contribution in [-0.4, -0.2) is 46.8 Å². The van der Waals surface area contributed by atoms with E-state index >= 15 is 0 Å². The van der Waals surface area contributed by atoms with Crippen LogP contribution in [-0.2, 0) is 9.53 Å². The maximum absolute atomic E-state index is 11.5. The second-order valence-corrected chi connectivity index (χ2v) is 4.82. The summed E-state index contributed by atoms with van der Waals surface area (Å²) in [6, 6.07) is 0. The Morgan fingerprint density at radius 1 is 1.43 bits per heavy atom. The molecule has 0 bridgehead atoms. The molecular formula is C10H19NO3. The number of morpholine rings is 1. The molecule has 0 aromatic heterocycles. The highest BCUT2D eigenvalue weighted by Gasteiger charge is 2.48. The molecule has 0 saturated carbocycles. The quantitative estimate of drug-likeness (QED) is 0.657. The molecule has 1 aliphatic heterocycles. The Bertz CT molecular complexity index is 236. The summed E-state index contributed by atoms with van der Waals surface area (Å²) in [6.07, 6.45) is 0. The summed E-state index contributed by atoms with van der Waals surface area (Å²) in [4.78, 5) is 13.5. The predicted octanol–water partition coefficient (Wildman–Crippen LogP) is 0.395. The van der Waals surface area contributed by atoms with Crippen molar-refractivity contribution in [2.45, 2.75) is 38.8 Å². The van der Waals surface area contributed by atoms with E-state index in [0.717, 1.165) is 0 Å². The third-order valence-electron chi connectivity index (χ3n) is 2.79. The second kappa shape index (κ2) is 3.51. The van der Waals surface area contributed by atoms with E-state index in [0.29, 0.717) is 13.2 Å². The number of hydrogen-bond donors (Lipinski definition) is 1. The monoisotopic (exact) mass is 201 g/mol. The van der Waals surface area contributed by atoms with Crippen molar-refractivity contribution in [3.8, 4) is 0 Å². The van der Waals surface area contributed by atoms with Gasteiger partial charge in [0.05, 0.1) is 12.1 Å². The van der Waals surface area contributed by atoms with E-state index in [-0.39, 0.29) is 18.1 Å². The van der Waals surface area contributed by atoms with Crippen molar-refractivity contribution in [3.05, 3.63) is 0 Å². The zero-order chi connectivity index (χ0) is 11.0. The van der Waals surface area contributed by atoms with Crippen molar-refractivity contribution in [1.82, 2.24) is 4.90 Å². The lowest BCUT2D eigenvalue weighted by atomic mass is 9.91. The minimum Gasteiger partial charge on any atom is -0.462 e. The highest BCUT2D eigenvalue weighted by Crippen LogP contribution is 2.30. The maximum Gasteiger partial charge on any atom is 0.326 e. The van der Waals surface area contributed by atoms with E-state index in [9.17, 15) is 4.79 Å². The smallest absolute Gasteiger partial charge is 0.326 e. The molecule has 1 heterocycles. The molecule has 0 aliphatic carbocycles. The fourth-order valence-electron chi connectivity index (χ4n) is 2.05. The summed E-state index contributed by atoms with van der Waals surface area (Å²) in [5.41, 5.74) is -0.857. The number of esters is 1. The molecule has 1 rings (SSSR count). The van der Waals surface area contributed by atoms with Gasteiger partial charge in [0, 0.05) is 6.54 Å². The molecule has 0 unspecified atom stereocenters. The SMILES string of the molecule is CC1(C)COC(=O)C(C)(C)N1CCO. The van der Waals surface area contributed by atoms with Gasteiger partial charge >= 0.3 is 5.97 Å². The van der Waals surface area contributed by atoms with Crippen LogP contribution in [0.1, 0.15) is 27.7 Å². The summed E-state index contributed by atoms with van der Waals surface area (Å²) >= 11 is 0. The van der Waals surface area contributed by atoms with E-state index in [1.165, 1.54) is 0 Å². The average Bonchev–Trinajstić information content (AvgIpc) is 2.07. The molecule has 0 atom stereocenters. The second-order valence-electron chi connectivity index (χ2n) is 4.82. The van der Waals surface area contributed by atoms with Gasteiger partial charge in [0.15, 0.2) is 0 Å². The van der Waals surface area contributed by atoms with Gasteiger partial charge in [0.2, 0.25) is 0 Å². The Kier molecular flexibility index (Phi) is 2.88. The molecule has 14 heavy (non-hydrogen) atoms. The van der Waals surface area contributed by atoms with Crippen molar-refractivity contribution in [3.63, 3.8) is 0 Å². The summed E-state index contributed by atoms with van der Waals surface area (Å²) < 4.78 is 5.12. The molecule has 0 amide bonds. The molecule has 4 heteroatoms. The molecule has 1 fully saturated rings. The molecule has 82 valence electrons. The topological polar surface area (TPSA) is 49.8 Å². The highest BCUT2D eigenvalue weighted by atomic mass is 16.5. The largest absolute Gasteiger partial charge is 0.462 e. The molecule has 1 saturated heterocycles. The average molecular weight is 201 g/mol. The Morgan fingerprint density at radius 3 is 2.50 bits per heavy atom. The van der Waals surface area contributed by atoms with Crippen LogP contribution in [0.3, 0.4) is 0 Å². The number of β-amino-alcohol motifs (C(OH)–C–C–N with tert-alkyl or cyclic N) is 1. The number of hydrogen-bond acceptors (Lipinski definition) is 4. The van der Waals surface area contributed by atoms with Crippen molar-refractivity contribution >= 4 is 5.97 Å². The summed E-state index contributed by atoms with van der Waals surface area (Å²) in [7, 11) is 0. The van der Waals surface area contributed by atoms with Gasteiger partial charge in [-0.2, -0.15) is 0 Å².